The Morgan fingerprint density at radius 3 is 2.50 bits per heavy atom. The van der Waals surface area contributed by atoms with Crippen LogP contribution in [0.2, 0.25) is 0 Å². The standard InChI is InChI=1S/C20H23F4N3O/c1-19(6-7-19)10-20(2,25)11-28-15-4-3-13(27-16(15)18(23)24)12-5-8-26-14(9-12)17(21)22/h3-5,8-9,17-18H,6-7,10-11,25H2,1-2H3. The third-order valence-electron chi connectivity index (χ3n) is 4.88. The molecule has 4 nitrogen and oxygen atoms in total. The molecular weight excluding hydrogens is 374 g/mol. The molecule has 2 aromatic heterocycles. The number of nitrogens with two attached hydrogens (primary N) is 1. The van der Waals surface area contributed by atoms with Gasteiger partial charge in [0.1, 0.15) is 23.7 Å². The Balaban J connectivity index is 1.80. The van der Waals surface area contributed by atoms with Crippen molar-refractivity contribution in [2.24, 2.45) is 11.1 Å². The summed E-state index contributed by atoms with van der Waals surface area (Å²) in [5.41, 5.74) is 5.27. The highest BCUT2D eigenvalue weighted by atomic mass is 19.3. The van der Waals surface area contributed by atoms with E-state index >= 15 is 0 Å². The maximum Gasteiger partial charge on any atom is 0.284 e. The van der Waals surface area contributed by atoms with Crippen LogP contribution in [0.5, 0.6) is 5.75 Å². The minimum absolute atomic E-state index is 0.0560. The van der Waals surface area contributed by atoms with E-state index in [0.29, 0.717) is 0 Å². The number of hydrogen-bond donors (Lipinski definition) is 1. The normalized spacial score (nSPS) is 17.6. The molecule has 0 aliphatic heterocycles. The molecule has 0 saturated heterocycles. The van der Waals surface area contributed by atoms with Crippen molar-refractivity contribution in [2.45, 2.75) is 51.5 Å². The summed E-state index contributed by atoms with van der Waals surface area (Å²) >= 11 is 0. The number of nitrogens with zero attached hydrogens (tertiary/aromatic N) is 2. The fourth-order valence-electron chi connectivity index (χ4n) is 3.29. The first-order chi connectivity index (χ1) is 13.1. The minimum atomic E-state index is -2.88. The Morgan fingerprint density at radius 1 is 1.18 bits per heavy atom. The molecule has 2 aromatic rings. The molecule has 1 unspecified atom stereocenters. The molecule has 1 saturated carbocycles. The molecule has 0 aromatic carbocycles. The van der Waals surface area contributed by atoms with Gasteiger partial charge in [-0.25, -0.2) is 22.5 Å². The van der Waals surface area contributed by atoms with E-state index in [0.717, 1.165) is 25.3 Å². The van der Waals surface area contributed by atoms with E-state index < -0.39 is 29.8 Å². The van der Waals surface area contributed by atoms with Gasteiger partial charge in [-0.15, -0.1) is 0 Å². The number of hydrogen-bond acceptors (Lipinski definition) is 4. The van der Waals surface area contributed by atoms with Gasteiger partial charge in [-0.2, -0.15) is 0 Å². The van der Waals surface area contributed by atoms with E-state index in [9.17, 15) is 17.6 Å². The zero-order chi connectivity index (χ0) is 20.5. The lowest BCUT2D eigenvalue weighted by Gasteiger charge is -2.28. The molecule has 0 radical (unpaired) electrons. The molecule has 0 spiro atoms. The van der Waals surface area contributed by atoms with E-state index in [1.54, 1.807) is 0 Å². The summed E-state index contributed by atoms with van der Waals surface area (Å²) in [6.45, 7) is 4.05. The van der Waals surface area contributed by atoms with Crippen LogP contribution < -0.4 is 10.5 Å². The molecular formula is C20H23F4N3O. The number of alkyl halides is 4. The van der Waals surface area contributed by atoms with Gasteiger partial charge in [0.15, 0.2) is 0 Å². The molecule has 1 aliphatic rings. The predicted octanol–water partition coefficient (Wildman–Crippen LogP) is 5.31. The average Bonchev–Trinajstić information content (AvgIpc) is 3.35. The second kappa shape index (κ2) is 7.66. The lowest BCUT2D eigenvalue weighted by molar-refractivity contribution is 0.134. The van der Waals surface area contributed by atoms with Crippen molar-refractivity contribution >= 4 is 0 Å². The monoisotopic (exact) mass is 397 g/mol. The molecule has 152 valence electrons. The van der Waals surface area contributed by atoms with Crippen LogP contribution in [0.15, 0.2) is 30.5 Å². The minimum Gasteiger partial charge on any atom is -0.490 e. The van der Waals surface area contributed by atoms with Crippen LogP contribution in [-0.2, 0) is 0 Å². The maximum absolute atomic E-state index is 13.5. The third kappa shape index (κ3) is 4.98. The average molecular weight is 397 g/mol. The molecule has 2 heterocycles. The van der Waals surface area contributed by atoms with Gasteiger partial charge in [0.25, 0.3) is 12.9 Å². The van der Waals surface area contributed by atoms with E-state index in [1.807, 2.05) is 6.92 Å². The quantitative estimate of drug-likeness (QED) is 0.614. The van der Waals surface area contributed by atoms with Gasteiger partial charge in [0.2, 0.25) is 0 Å². The summed E-state index contributed by atoms with van der Waals surface area (Å²) in [7, 11) is 0. The van der Waals surface area contributed by atoms with Gasteiger partial charge in [0, 0.05) is 17.3 Å². The van der Waals surface area contributed by atoms with Gasteiger partial charge in [0.05, 0.1) is 5.69 Å². The molecule has 8 heteroatoms. The Kier molecular flexibility index (Phi) is 5.61. The van der Waals surface area contributed by atoms with Crippen LogP contribution in [0.25, 0.3) is 11.3 Å². The van der Waals surface area contributed by atoms with E-state index in [2.05, 4.69) is 16.9 Å². The highest BCUT2D eigenvalue weighted by Crippen LogP contribution is 2.50. The van der Waals surface area contributed by atoms with Crippen molar-refractivity contribution in [1.82, 2.24) is 9.97 Å². The lowest BCUT2D eigenvalue weighted by Crippen LogP contribution is -2.44. The molecule has 0 amide bonds. The Morgan fingerprint density at radius 2 is 1.89 bits per heavy atom. The fourth-order valence-corrected chi connectivity index (χ4v) is 3.29. The smallest absolute Gasteiger partial charge is 0.284 e. The number of rotatable bonds is 8. The van der Waals surface area contributed by atoms with Gasteiger partial charge in [-0.3, -0.25) is 4.98 Å². The van der Waals surface area contributed by atoms with Crippen molar-refractivity contribution in [3.05, 3.63) is 41.9 Å². The molecule has 28 heavy (non-hydrogen) atoms. The summed E-state index contributed by atoms with van der Waals surface area (Å²) in [6.07, 6.45) is -1.49. The van der Waals surface area contributed by atoms with Gasteiger partial charge in [-0.05, 0) is 55.9 Å². The second-order valence-electron chi connectivity index (χ2n) is 8.08. The molecule has 1 fully saturated rings. The van der Waals surface area contributed by atoms with Crippen LogP contribution in [0, 0.1) is 5.41 Å². The Hall–Kier alpha value is -2.22. The van der Waals surface area contributed by atoms with Crippen molar-refractivity contribution in [1.29, 1.82) is 0 Å². The first-order valence-electron chi connectivity index (χ1n) is 9.04. The van der Waals surface area contributed by atoms with Crippen molar-refractivity contribution in [3.63, 3.8) is 0 Å². The molecule has 0 bridgehead atoms. The van der Waals surface area contributed by atoms with Crippen molar-refractivity contribution in [2.75, 3.05) is 6.61 Å². The first-order valence-corrected chi connectivity index (χ1v) is 9.04. The van der Waals surface area contributed by atoms with E-state index in [-0.39, 0.29) is 29.0 Å². The number of ether oxygens (including phenoxy) is 1. The molecule has 1 aliphatic carbocycles. The summed E-state index contributed by atoms with van der Waals surface area (Å²) in [5.74, 6) is -0.0560. The number of pyridine rings is 2. The van der Waals surface area contributed by atoms with Gasteiger partial charge >= 0.3 is 0 Å². The lowest BCUT2D eigenvalue weighted by atomic mass is 9.89. The van der Waals surface area contributed by atoms with Crippen LogP contribution >= 0.6 is 0 Å². The van der Waals surface area contributed by atoms with E-state index in [1.165, 1.54) is 24.4 Å². The third-order valence-corrected chi connectivity index (χ3v) is 4.88. The van der Waals surface area contributed by atoms with Gasteiger partial charge < -0.3 is 10.5 Å². The number of aromatic nitrogens is 2. The van der Waals surface area contributed by atoms with Crippen LogP contribution in [0.4, 0.5) is 17.6 Å². The second-order valence-corrected chi connectivity index (χ2v) is 8.08. The van der Waals surface area contributed by atoms with Crippen molar-refractivity contribution in [3.8, 4) is 17.0 Å². The largest absolute Gasteiger partial charge is 0.490 e. The Bertz CT molecular complexity index is 838. The zero-order valence-electron chi connectivity index (χ0n) is 15.8. The van der Waals surface area contributed by atoms with Crippen LogP contribution in [-0.4, -0.2) is 22.1 Å². The molecule has 3 rings (SSSR count). The highest BCUT2D eigenvalue weighted by molar-refractivity contribution is 5.60. The maximum atomic E-state index is 13.5. The number of halogens is 4. The van der Waals surface area contributed by atoms with Crippen LogP contribution in [0.3, 0.4) is 0 Å². The predicted molar refractivity (Wildman–Crippen MR) is 97.4 cm³/mol. The van der Waals surface area contributed by atoms with Crippen molar-refractivity contribution < 1.29 is 22.3 Å². The van der Waals surface area contributed by atoms with Gasteiger partial charge in [-0.1, -0.05) is 6.92 Å². The molecule has 2 N–H and O–H groups in total. The van der Waals surface area contributed by atoms with E-state index in [4.69, 9.17) is 10.5 Å². The zero-order valence-corrected chi connectivity index (χ0v) is 15.8. The Labute approximate surface area is 161 Å². The topological polar surface area (TPSA) is 61.0 Å². The summed E-state index contributed by atoms with van der Waals surface area (Å²) in [6, 6.07) is 5.41. The fraction of sp³-hybridized carbons (Fsp3) is 0.500. The SMILES string of the molecule is CC(N)(COc1ccc(-c2ccnc(C(F)F)c2)nc1C(F)F)CC1(C)CC1. The van der Waals surface area contributed by atoms with Crippen LogP contribution in [0.1, 0.15) is 57.3 Å². The summed E-state index contributed by atoms with van der Waals surface area (Å²) < 4.78 is 58.3. The summed E-state index contributed by atoms with van der Waals surface area (Å²) in [4.78, 5) is 7.51. The highest BCUT2D eigenvalue weighted by Gasteiger charge is 2.42. The first kappa shape index (κ1) is 20.5. The molecule has 1 atom stereocenters. The summed E-state index contributed by atoms with van der Waals surface area (Å²) in [5, 5.41) is 0.